The van der Waals surface area contributed by atoms with E-state index in [2.05, 4.69) is 46.7 Å². The second kappa shape index (κ2) is 5.15. The lowest BCUT2D eigenvalue weighted by Crippen LogP contribution is -2.47. The van der Waals surface area contributed by atoms with Crippen LogP contribution in [0.4, 0.5) is 0 Å². The van der Waals surface area contributed by atoms with Gasteiger partial charge >= 0.3 is 0 Å². The van der Waals surface area contributed by atoms with Crippen LogP contribution in [0.5, 0.6) is 0 Å². The van der Waals surface area contributed by atoms with Crippen molar-refractivity contribution in [3.63, 3.8) is 0 Å². The summed E-state index contributed by atoms with van der Waals surface area (Å²) in [4.78, 5) is 5.15. The summed E-state index contributed by atoms with van der Waals surface area (Å²) in [5.74, 6) is 0. The van der Waals surface area contributed by atoms with Gasteiger partial charge in [-0.25, -0.2) is 0 Å². The molecule has 3 rings (SSSR count). The Hall–Kier alpha value is -0.643. The molecule has 98 valence electrons. The highest BCUT2D eigenvalue weighted by molar-refractivity contribution is 6.91. The first-order valence-electron chi connectivity index (χ1n) is 7.27. The van der Waals surface area contributed by atoms with Crippen LogP contribution in [0.1, 0.15) is 0 Å². The largest absolute Gasteiger partial charge is 0.301 e. The molecule has 2 saturated heterocycles. The molecule has 2 aliphatic heterocycles. The molecule has 0 aromatic heterocycles. The first kappa shape index (κ1) is 12.4. The summed E-state index contributed by atoms with van der Waals surface area (Å²) in [6.07, 6.45) is 0. The van der Waals surface area contributed by atoms with E-state index >= 15 is 0 Å². The van der Waals surface area contributed by atoms with E-state index in [9.17, 15) is 0 Å². The molecular formula is C15H24N2Si. The van der Waals surface area contributed by atoms with E-state index in [1.807, 2.05) is 0 Å². The van der Waals surface area contributed by atoms with Crippen molar-refractivity contribution in [3.8, 4) is 0 Å². The summed E-state index contributed by atoms with van der Waals surface area (Å²) in [5.41, 5.74) is 0. The van der Waals surface area contributed by atoms with Gasteiger partial charge in [0.1, 0.15) is 0 Å². The summed E-state index contributed by atoms with van der Waals surface area (Å²) in [6, 6.07) is 14.2. The third-order valence-electron chi connectivity index (χ3n) is 4.51. The summed E-state index contributed by atoms with van der Waals surface area (Å²) < 4.78 is 0. The zero-order chi connectivity index (χ0) is 12.4. The van der Waals surface area contributed by atoms with Crippen molar-refractivity contribution in [1.29, 1.82) is 0 Å². The monoisotopic (exact) mass is 260 g/mol. The number of hydrogen-bond donors (Lipinski definition) is 0. The first-order chi connectivity index (χ1) is 8.76. The number of rotatable bonds is 7. The first-order valence-corrected chi connectivity index (χ1v) is 10.2. The SMILES string of the molecule is C[Si](CCN1CC1)(CCN1CC1)c1ccccc1. The predicted octanol–water partition coefficient (Wildman–Crippen LogP) is 1.60. The van der Waals surface area contributed by atoms with E-state index < -0.39 is 8.07 Å². The van der Waals surface area contributed by atoms with Crippen molar-refractivity contribution in [3.05, 3.63) is 30.3 Å². The second-order valence-corrected chi connectivity index (χ2v) is 10.8. The van der Waals surface area contributed by atoms with Gasteiger partial charge in [0.15, 0.2) is 0 Å². The molecule has 2 fully saturated rings. The van der Waals surface area contributed by atoms with Gasteiger partial charge < -0.3 is 9.80 Å². The Morgan fingerprint density at radius 3 is 1.83 bits per heavy atom. The lowest BCUT2D eigenvalue weighted by molar-refractivity contribution is 0.576. The van der Waals surface area contributed by atoms with Crippen molar-refractivity contribution < 1.29 is 0 Å². The van der Waals surface area contributed by atoms with Gasteiger partial charge in [0.25, 0.3) is 0 Å². The highest BCUT2D eigenvalue weighted by atomic mass is 28.3. The van der Waals surface area contributed by atoms with Gasteiger partial charge in [-0.1, -0.05) is 42.1 Å². The number of hydrogen-bond acceptors (Lipinski definition) is 2. The molecule has 1 aromatic rings. The fraction of sp³-hybridized carbons (Fsp3) is 0.600. The Bertz CT molecular complexity index is 369. The fourth-order valence-corrected chi connectivity index (χ4v) is 6.10. The van der Waals surface area contributed by atoms with Gasteiger partial charge in [-0.2, -0.15) is 0 Å². The Morgan fingerprint density at radius 1 is 0.889 bits per heavy atom. The molecule has 2 aliphatic rings. The quantitative estimate of drug-likeness (QED) is 0.542. The molecular weight excluding hydrogens is 236 g/mol. The minimum atomic E-state index is -1.25. The Labute approximate surface area is 112 Å². The van der Waals surface area contributed by atoms with Crippen LogP contribution in [-0.2, 0) is 0 Å². The van der Waals surface area contributed by atoms with Crippen LogP contribution in [-0.4, -0.2) is 57.1 Å². The molecule has 0 radical (unpaired) electrons. The van der Waals surface area contributed by atoms with Crippen LogP contribution in [0.3, 0.4) is 0 Å². The van der Waals surface area contributed by atoms with E-state index in [0.29, 0.717) is 0 Å². The Morgan fingerprint density at radius 2 is 1.39 bits per heavy atom. The van der Waals surface area contributed by atoms with Gasteiger partial charge in [-0.05, 0) is 25.2 Å². The maximum absolute atomic E-state index is 2.59. The molecule has 0 spiro atoms. The topological polar surface area (TPSA) is 6.02 Å². The molecule has 3 heteroatoms. The van der Waals surface area contributed by atoms with Crippen molar-refractivity contribution in [2.45, 2.75) is 18.6 Å². The van der Waals surface area contributed by atoms with Crippen molar-refractivity contribution in [2.24, 2.45) is 0 Å². The number of benzene rings is 1. The molecule has 0 atom stereocenters. The summed E-state index contributed by atoms with van der Waals surface area (Å²) in [5, 5.41) is 1.66. The summed E-state index contributed by atoms with van der Waals surface area (Å²) >= 11 is 0. The van der Waals surface area contributed by atoms with Crippen LogP contribution < -0.4 is 5.19 Å². The Balaban J connectivity index is 1.67. The zero-order valence-electron chi connectivity index (χ0n) is 11.4. The van der Waals surface area contributed by atoms with Crippen LogP contribution in [0.2, 0.25) is 18.6 Å². The molecule has 0 N–H and O–H groups in total. The van der Waals surface area contributed by atoms with Crippen LogP contribution in [0.25, 0.3) is 0 Å². The smallest absolute Gasteiger partial charge is 0.0861 e. The van der Waals surface area contributed by atoms with E-state index in [1.165, 1.54) is 51.4 Å². The molecule has 0 unspecified atom stereocenters. The fourth-order valence-electron chi connectivity index (χ4n) is 2.65. The van der Waals surface area contributed by atoms with E-state index in [0.717, 1.165) is 0 Å². The lowest BCUT2D eigenvalue weighted by Gasteiger charge is -2.28. The lowest BCUT2D eigenvalue weighted by atomic mass is 10.4. The number of nitrogens with zero attached hydrogens (tertiary/aromatic N) is 2. The zero-order valence-corrected chi connectivity index (χ0v) is 12.4. The third kappa shape index (κ3) is 3.22. The van der Waals surface area contributed by atoms with Gasteiger partial charge in [-0.3, -0.25) is 0 Å². The van der Waals surface area contributed by atoms with Crippen LogP contribution >= 0.6 is 0 Å². The molecule has 1 aromatic carbocycles. The normalized spacial score (nSPS) is 20.1. The molecule has 0 saturated carbocycles. The molecule has 0 amide bonds. The van der Waals surface area contributed by atoms with Crippen molar-refractivity contribution in [2.75, 3.05) is 39.3 Å². The van der Waals surface area contributed by atoms with Gasteiger partial charge in [0.05, 0.1) is 8.07 Å². The Kier molecular flexibility index (Phi) is 3.55. The minimum Gasteiger partial charge on any atom is -0.301 e. The van der Waals surface area contributed by atoms with Crippen LogP contribution in [0.15, 0.2) is 30.3 Å². The molecule has 2 nitrogen and oxygen atoms in total. The van der Waals surface area contributed by atoms with Crippen LogP contribution in [0, 0.1) is 0 Å². The molecule has 2 heterocycles. The van der Waals surface area contributed by atoms with Gasteiger partial charge in [0.2, 0.25) is 0 Å². The van der Waals surface area contributed by atoms with E-state index in [-0.39, 0.29) is 0 Å². The average Bonchev–Trinajstić information content (AvgIpc) is 3.30. The summed E-state index contributed by atoms with van der Waals surface area (Å²) in [7, 11) is -1.25. The average molecular weight is 260 g/mol. The van der Waals surface area contributed by atoms with Crippen molar-refractivity contribution >= 4 is 13.3 Å². The minimum absolute atomic E-state index is 1.25. The molecule has 18 heavy (non-hydrogen) atoms. The molecule has 0 bridgehead atoms. The van der Waals surface area contributed by atoms with Gasteiger partial charge in [-0.15, -0.1) is 0 Å². The predicted molar refractivity (Wildman–Crippen MR) is 80.2 cm³/mol. The third-order valence-corrected chi connectivity index (χ3v) is 8.89. The van der Waals surface area contributed by atoms with Crippen molar-refractivity contribution in [1.82, 2.24) is 9.80 Å². The standard InChI is InChI=1S/C15H24N2Si/c1-18(13-11-16-7-8-16,14-12-17-9-10-17)15-5-3-2-4-6-15/h2-6H,7-14H2,1H3. The second-order valence-electron chi connectivity index (χ2n) is 6.11. The van der Waals surface area contributed by atoms with Gasteiger partial charge in [0, 0.05) is 26.2 Å². The molecule has 0 aliphatic carbocycles. The maximum Gasteiger partial charge on any atom is 0.0861 e. The van der Waals surface area contributed by atoms with E-state index in [4.69, 9.17) is 0 Å². The highest BCUT2D eigenvalue weighted by Crippen LogP contribution is 2.21. The highest BCUT2D eigenvalue weighted by Gasteiger charge is 2.32. The maximum atomic E-state index is 2.59. The summed E-state index contributed by atoms with van der Waals surface area (Å²) in [6.45, 7) is 10.6. The van der Waals surface area contributed by atoms with E-state index in [1.54, 1.807) is 5.19 Å².